The van der Waals surface area contributed by atoms with E-state index in [1.165, 1.54) is 59.2 Å². The van der Waals surface area contributed by atoms with Crippen LogP contribution in [-0.4, -0.2) is 96.4 Å². The number of hydrogen-bond acceptors (Lipinski definition) is 16. The quantitative estimate of drug-likeness (QED) is 0.0174. The number of hydrogen-bond donors (Lipinski definition) is 7. The average Bonchev–Trinajstić information content (AvgIpc) is 3.79. The molecule has 1 saturated heterocycles. The summed E-state index contributed by atoms with van der Waals surface area (Å²) in [5.41, 5.74) is 7.86. The molecule has 0 bridgehead atoms. The molecule has 268 valence electrons. The van der Waals surface area contributed by atoms with Crippen molar-refractivity contribution in [2.24, 2.45) is 5.16 Å². The number of aliphatic carboxylic acids is 1. The fraction of sp³-hybridized carbons (Fsp3) is 0.156. The average molecular weight is 787 g/mol. The van der Waals surface area contributed by atoms with Gasteiger partial charge in [-0.2, -0.15) is 5.10 Å². The number of phenolic OH excluding ortho intramolecular Hbond substituents is 4. The van der Waals surface area contributed by atoms with Gasteiger partial charge < -0.3 is 42.8 Å². The normalized spacial score (nSPS) is 16.9. The van der Waals surface area contributed by atoms with Gasteiger partial charge in [0.05, 0.1) is 11.9 Å². The number of thiazole rings is 1. The summed E-state index contributed by atoms with van der Waals surface area (Å²) in [6.45, 7) is -0.181. The van der Waals surface area contributed by atoms with E-state index in [1.54, 1.807) is 28.9 Å². The summed E-state index contributed by atoms with van der Waals surface area (Å²) in [4.78, 5) is 54.7. The van der Waals surface area contributed by atoms with Gasteiger partial charge >= 0.3 is 35.5 Å². The van der Waals surface area contributed by atoms with Gasteiger partial charge in [0.15, 0.2) is 39.5 Å². The number of β-lactam (4-membered cyclic amide) rings is 1. The number of nitrogens with two attached hydrogens (primary N) is 1. The molecule has 1 fully saturated rings. The molecule has 5 heterocycles. The molecule has 3 aromatic heterocycles. The number of amides is 2. The van der Waals surface area contributed by atoms with E-state index in [1.807, 2.05) is 0 Å². The van der Waals surface area contributed by atoms with Crippen LogP contribution in [0.15, 0.2) is 81.6 Å². The number of aromatic hydroxyl groups is 4. The number of benzene rings is 2. The standard InChI is InChI=1S/C32H26N8O9S3.Na.H/c33-32-36-18(13-52-32)25(38-49-10-14-1-3-19(41)21(43)7-14)28(45)37-26-29(46)39-27(31(47)48)16(12-51-30(26)39)11-50-24-9-17(35-23-5-6-34-40(23)24)15-2-4-20(42)22(44)8-15;;/h1-9,13,26,30,41-44H,10-12H2,(H2,33,36)(H,37,45)(H,47,48);;/q;+1;-1/t26-,30-;;/m1../s1. The van der Waals surface area contributed by atoms with Crippen LogP contribution in [0.25, 0.3) is 16.9 Å². The fourth-order valence-corrected chi connectivity index (χ4v) is 8.46. The fourth-order valence-electron chi connectivity index (χ4n) is 5.41. The van der Waals surface area contributed by atoms with Crippen LogP contribution in [-0.2, 0) is 25.8 Å². The number of nitrogens with one attached hydrogen (secondary N) is 1. The number of fused-ring (bicyclic) bond motifs is 2. The van der Waals surface area contributed by atoms with Gasteiger partial charge in [-0.1, -0.05) is 11.2 Å². The summed E-state index contributed by atoms with van der Waals surface area (Å²) < 4.78 is 1.59. The second kappa shape index (κ2) is 15.5. The maximum atomic E-state index is 13.5. The Labute approximate surface area is 335 Å². The number of oxime groups is 1. The molecule has 17 nitrogen and oxygen atoms in total. The van der Waals surface area contributed by atoms with Crippen LogP contribution < -0.4 is 40.6 Å². The van der Waals surface area contributed by atoms with Gasteiger partial charge in [-0.05, 0) is 47.5 Å². The van der Waals surface area contributed by atoms with Crippen molar-refractivity contribution < 1.29 is 75.7 Å². The summed E-state index contributed by atoms with van der Waals surface area (Å²) in [7, 11) is 0. The van der Waals surface area contributed by atoms with Crippen molar-refractivity contribution >= 4 is 69.1 Å². The maximum absolute atomic E-state index is 13.5. The summed E-state index contributed by atoms with van der Waals surface area (Å²) >= 11 is 3.63. The molecule has 2 aromatic carbocycles. The number of rotatable bonds is 11. The topological polar surface area (TPSA) is 258 Å². The number of phenols is 4. The Bertz CT molecular complexity index is 2340. The van der Waals surface area contributed by atoms with E-state index in [-0.39, 0.29) is 94.3 Å². The second-order valence-corrected chi connectivity index (χ2v) is 14.3. The molecule has 2 aliphatic rings. The number of nitrogen functional groups attached to an aromatic ring is 1. The van der Waals surface area contributed by atoms with E-state index in [2.05, 4.69) is 25.5 Å². The predicted molar refractivity (Wildman–Crippen MR) is 191 cm³/mol. The van der Waals surface area contributed by atoms with Gasteiger partial charge in [0.1, 0.15) is 34.4 Å². The minimum Gasteiger partial charge on any atom is -1.00 e. The van der Waals surface area contributed by atoms with Gasteiger partial charge in [0, 0.05) is 28.5 Å². The van der Waals surface area contributed by atoms with Gasteiger partial charge in [0.25, 0.3) is 11.8 Å². The first kappa shape index (κ1) is 37.8. The number of anilines is 1. The van der Waals surface area contributed by atoms with E-state index in [0.29, 0.717) is 33.1 Å². The van der Waals surface area contributed by atoms with Crippen LogP contribution >= 0.6 is 34.9 Å². The van der Waals surface area contributed by atoms with Gasteiger partial charge in [0.2, 0.25) is 0 Å². The molecule has 0 saturated carbocycles. The Hall–Kier alpha value is -4.99. The number of nitrogens with zero attached hydrogens (tertiary/aromatic N) is 6. The minimum atomic E-state index is -1.30. The van der Waals surface area contributed by atoms with Crippen LogP contribution in [0.5, 0.6) is 23.0 Å². The molecule has 7 rings (SSSR count). The molecule has 0 unspecified atom stereocenters. The van der Waals surface area contributed by atoms with E-state index < -0.39 is 29.2 Å². The number of carbonyl (C=O) groups is 3. The first-order valence-corrected chi connectivity index (χ1v) is 18.0. The third-order valence-electron chi connectivity index (χ3n) is 7.94. The van der Waals surface area contributed by atoms with Crippen LogP contribution in [0.1, 0.15) is 12.7 Å². The predicted octanol–water partition coefficient (Wildman–Crippen LogP) is -0.174. The Morgan fingerprint density at radius 1 is 1.06 bits per heavy atom. The van der Waals surface area contributed by atoms with E-state index >= 15 is 0 Å². The zero-order chi connectivity index (χ0) is 36.7. The van der Waals surface area contributed by atoms with Crippen molar-refractivity contribution in [1.82, 2.24) is 29.8 Å². The largest absolute Gasteiger partial charge is 1.00 e. The third kappa shape index (κ3) is 7.59. The van der Waals surface area contributed by atoms with E-state index in [4.69, 9.17) is 10.6 Å². The van der Waals surface area contributed by atoms with E-state index in [9.17, 15) is 39.9 Å². The van der Waals surface area contributed by atoms with Crippen LogP contribution in [0.3, 0.4) is 0 Å². The summed E-state index contributed by atoms with van der Waals surface area (Å²) in [6, 6.07) is 10.7. The van der Waals surface area contributed by atoms with Crippen LogP contribution in [0.2, 0.25) is 0 Å². The minimum absolute atomic E-state index is 0. The van der Waals surface area contributed by atoms with Crippen molar-refractivity contribution in [2.45, 2.75) is 23.0 Å². The summed E-state index contributed by atoms with van der Waals surface area (Å²) in [6.07, 6.45) is 1.56. The van der Waals surface area contributed by atoms with Crippen molar-refractivity contribution in [1.29, 1.82) is 0 Å². The molecule has 8 N–H and O–H groups in total. The molecule has 5 aromatic rings. The summed E-state index contributed by atoms with van der Waals surface area (Å²) in [5, 5.41) is 61.7. The number of carboxylic acid groups (broad SMARTS) is 1. The molecule has 21 heteroatoms. The Balaban J connectivity index is 0.00000280. The van der Waals surface area contributed by atoms with Crippen molar-refractivity contribution in [3.05, 3.63) is 82.6 Å². The molecule has 0 spiro atoms. The van der Waals surface area contributed by atoms with E-state index in [0.717, 1.165) is 16.2 Å². The number of carbonyl (C=O) groups excluding carboxylic acids is 2. The summed E-state index contributed by atoms with van der Waals surface area (Å²) in [5.74, 6) is -3.57. The second-order valence-electron chi connectivity index (χ2n) is 11.3. The first-order valence-electron chi connectivity index (χ1n) is 15.1. The monoisotopic (exact) mass is 786 g/mol. The molecule has 53 heavy (non-hydrogen) atoms. The first-order chi connectivity index (χ1) is 25.0. The van der Waals surface area contributed by atoms with Crippen molar-refractivity contribution in [2.75, 3.05) is 17.2 Å². The third-order valence-corrected chi connectivity index (χ3v) is 11.0. The smallest absolute Gasteiger partial charge is 1.00 e. The Morgan fingerprint density at radius 3 is 2.51 bits per heavy atom. The number of carboxylic acids is 1. The molecular formula is C32H27N8NaO9S3. The molecule has 2 atom stereocenters. The van der Waals surface area contributed by atoms with Gasteiger partial charge in [-0.3, -0.25) is 14.5 Å². The Kier molecular flexibility index (Phi) is 11.1. The molecule has 2 amide bonds. The van der Waals surface area contributed by atoms with Crippen molar-refractivity contribution in [3.63, 3.8) is 0 Å². The van der Waals surface area contributed by atoms with Crippen LogP contribution in [0, 0.1) is 0 Å². The molecule has 0 aliphatic carbocycles. The maximum Gasteiger partial charge on any atom is 1.00 e. The number of thioether (sulfide) groups is 2. The zero-order valence-corrected chi connectivity index (χ0v) is 31.9. The zero-order valence-electron chi connectivity index (χ0n) is 28.4. The molecule has 2 aliphatic heterocycles. The van der Waals surface area contributed by atoms with Crippen molar-refractivity contribution in [3.8, 4) is 34.3 Å². The van der Waals surface area contributed by atoms with Crippen LogP contribution in [0.4, 0.5) is 5.13 Å². The van der Waals surface area contributed by atoms with Gasteiger partial charge in [-0.15, -0.1) is 34.9 Å². The SMILES string of the molecule is Nc1nc(C(=NOCc2ccc(O)c(O)c2)C(=O)N[C@@H]2C(=O)N3C(C(=O)O)=C(CSc4cc(-c5ccc(O)c(O)c5)nc5ccnn45)CS[C@H]23)cs1.[H-].[Na+]. The molecular weight excluding hydrogens is 760 g/mol. The van der Waals surface area contributed by atoms with Gasteiger partial charge in [-0.25, -0.2) is 19.3 Å². The Morgan fingerprint density at radius 2 is 1.81 bits per heavy atom. The molecule has 0 radical (unpaired) electrons. The number of aromatic nitrogens is 4.